The molecule has 0 aliphatic heterocycles. The molecule has 0 N–H and O–H groups in total. The van der Waals surface area contributed by atoms with Gasteiger partial charge in [0.2, 0.25) is 5.91 Å². The minimum absolute atomic E-state index is 0.345. The van der Waals surface area contributed by atoms with Crippen molar-refractivity contribution in [3.8, 4) is 0 Å². The molecule has 16 heavy (non-hydrogen) atoms. The number of carbonyl (C=O) groups is 1. The van der Waals surface area contributed by atoms with Crippen LogP contribution in [0.15, 0.2) is 0 Å². The Bertz CT molecular complexity index is 191. The van der Waals surface area contributed by atoms with Crippen molar-refractivity contribution in [3.05, 3.63) is 0 Å². The fraction of sp³-hybridized carbons (Fsp3) is 0.929. The summed E-state index contributed by atoms with van der Waals surface area (Å²) in [5.74, 6) is 0.345. The van der Waals surface area contributed by atoms with Crippen molar-refractivity contribution in [2.75, 3.05) is 0 Å². The average Bonchev–Trinajstić information content (AvgIpc) is 2.28. The topological polar surface area (TPSA) is 20.3 Å². The predicted octanol–water partition coefficient (Wildman–Crippen LogP) is 3.99. The smallest absolute Gasteiger partial charge is 0.223 e. The third kappa shape index (κ3) is 4.54. The van der Waals surface area contributed by atoms with Gasteiger partial charge in [0.15, 0.2) is 0 Å². The van der Waals surface area contributed by atoms with Gasteiger partial charge >= 0.3 is 0 Å². The quantitative estimate of drug-likeness (QED) is 0.614. The number of nitrogens with zero attached hydrogens (tertiary/aromatic N) is 1. The van der Waals surface area contributed by atoms with Crippen molar-refractivity contribution in [1.82, 2.24) is 4.90 Å². The Labute approximate surface area is 101 Å². The second kappa shape index (κ2) is 8.60. The lowest BCUT2D eigenvalue weighted by atomic mass is 10.0. The Morgan fingerprint density at radius 1 is 1.06 bits per heavy atom. The highest BCUT2D eigenvalue weighted by Gasteiger charge is 2.24. The Balaban J connectivity index is 4.68. The van der Waals surface area contributed by atoms with Crippen LogP contribution in [0.5, 0.6) is 0 Å². The second-order valence-corrected chi connectivity index (χ2v) is 4.66. The molecule has 0 saturated heterocycles. The molecular weight excluding hydrogens is 198 g/mol. The normalized spacial score (nSPS) is 14.6. The van der Waals surface area contributed by atoms with Crippen LogP contribution in [0.1, 0.15) is 73.1 Å². The van der Waals surface area contributed by atoms with Crippen molar-refractivity contribution >= 4 is 5.91 Å². The van der Waals surface area contributed by atoms with Crippen molar-refractivity contribution in [3.63, 3.8) is 0 Å². The van der Waals surface area contributed by atoms with Crippen LogP contribution >= 0.6 is 0 Å². The summed E-state index contributed by atoms with van der Waals surface area (Å²) in [4.78, 5) is 14.3. The van der Waals surface area contributed by atoms with E-state index in [0.717, 1.165) is 32.1 Å². The van der Waals surface area contributed by atoms with Crippen LogP contribution in [0.25, 0.3) is 0 Å². The monoisotopic (exact) mass is 227 g/mol. The summed E-state index contributed by atoms with van der Waals surface area (Å²) in [6.07, 6.45) is 6.07. The molecule has 0 aromatic carbocycles. The van der Waals surface area contributed by atoms with Crippen LogP contribution in [0, 0.1) is 0 Å². The molecule has 0 bridgehead atoms. The van der Waals surface area contributed by atoms with E-state index in [2.05, 4.69) is 39.5 Å². The van der Waals surface area contributed by atoms with Crippen LogP contribution in [0.3, 0.4) is 0 Å². The number of hydrogen-bond acceptors (Lipinski definition) is 1. The molecule has 2 heteroatoms. The maximum absolute atomic E-state index is 12.1. The van der Waals surface area contributed by atoms with Crippen molar-refractivity contribution in [2.24, 2.45) is 0 Å². The lowest BCUT2D eigenvalue weighted by molar-refractivity contribution is -0.136. The maximum atomic E-state index is 12.1. The summed E-state index contributed by atoms with van der Waals surface area (Å²) in [5, 5.41) is 0. The summed E-state index contributed by atoms with van der Waals surface area (Å²) in [6.45, 7) is 10.8. The van der Waals surface area contributed by atoms with Gasteiger partial charge in [-0.1, -0.05) is 34.1 Å². The highest BCUT2D eigenvalue weighted by Crippen LogP contribution is 2.18. The summed E-state index contributed by atoms with van der Waals surface area (Å²) in [7, 11) is 0. The van der Waals surface area contributed by atoms with Gasteiger partial charge in [0.25, 0.3) is 0 Å². The third-order valence-electron chi connectivity index (χ3n) is 3.30. The fourth-order valence-electron chi connectivity index (χ4n) is 2.22. The van der Waals surface area contributed by atoms with E-state index in [9.17, 15) is 4.79 Å². The predicted molar refractivity (Wildman–Crippen MR) is 70.5 cm³/mol. The molecular formula is C14H29NO. The van der Waals surface area contributed by atoms with Crippen LogP contribution in [0.4, 0.5) is 0 Å². The number of rotatable bonds is 8. The molecule has 1 amide bonds. The van der Waals surface area contributed by atoms with Crippen LogP contribution in [-0.2, 0) is 4.79 Å². The van der Waals surface area contributed by atoms with Crippen LogP contribution in [0.2, 0.25) is 0 Å². The van der Waals surface area contributed by atoms with Gasteiger partial charge in [-0.25, -0.2) is 0 Å². The molecule has 0 aliphatic carbocycles. The number of hydrogen-bond donors (Lipinski definition) is 0. The fourth-order valence-corrected chi connectivity index (χ4v) is 2.22. The molecule has 0 fully saturated rings. The second-order valence-electron chi connectivity index (χ2n) is 4.66. The standard InChI is InChI=1S/C14H29NO/c1-6-10-13(9-4)15(12(5)8-3)14(16)11-7-2/h12-13H,6-11H2,1-5H3. The zero-order valence-corrected chi connectivity index (χ0v) is 11.8. The van der Waals surface area contributed by atoms with E-state index in [1.807, 2.05) is 0 Å². The largest absolute Gasteiger partial charge is 0.337 e. The Hall–Kier alpha value is -0.530. The van der Waals surface area contributed by atoms with Crippen molar-refractivity contribution in [2.45, 2.75) is 85.2 Å². The zero-order valence-electron chi connectivity index (χ0n) is 11.8. The first-order valence-electron chi connectivity index (χ1n) is 6.93. The Morgan fingerprint density at radius 2 is 1.69 bits per heavy atom. The highest BCUT2D eigenvalue weighted by atomic mass is 16.2. The molecule has 0 saturated carbocycles. The minimum atomic E-state index is 0.345. The van der Waals surface area contributed by atoms with E-state index in [4.69, 9.17) is 0 Å². The Kier molecular flexibility index (Phi) is 8.32. The molecule has 0 heterocycles. The minimum Gasteiger partial charge on any atom is -0.337 e. The van der Waals surface area contributed by atoms with Gasteiger partial charge in [0.05, 0.1) is 0 Å². The lowest BCUT2D eigenvalue weighted by Crippen LogP contribution is -2.45. The summed E-state index contributed by atoms with van der Waals surface area (Å²) in [5.41, 5.74) is 0. The van der Waals surface area contributed by atoms with Gasteiger partial charge in [-0.3, -0.25) is 4.79 Å². The summed E-state index contributed by atoms with van der Waals surface area (Å²) in [6, 6.07) is 0.828. The van der Waals surface area contributed by atoms with E-state index < -0.39 is 0 Å². The molecule has 0 aromatic heterocycles. The molecule has 0 aromatic rings. The van der Waals surface area contributed by atoms with E-state index in [1.165, 1.54) is 0 Å². The summed E-state index contributed by atoms with van der Waals surface area (Å²) < 4.78 is 0. The first kappa shape index (κ1) is 15.5. The first-order chi connectivity index (χ1) is 7.62. The van der Waals surface area contributed by atoms with Crippen molar-refractivity contribution < 1.29 is 4.79 Å². The summed E-state index contributed by atoms with van der Waals surface area (Å²) >= 11 is 0. The van der Waals surface area contributed by atoms with Gasteiger partial charge in [-0.15, -0.1) is 0 Å². The van der Waals surface area contributed by atoms with E-state index in [1.54, 1.807) is 0 Å². The van der Waals surface area contributed by atoms with E-state index >= 15 is 0 Å². The van der Waals surface area contributed by atoms with E-state index in [-0.39, 0.29) is 0 Å². The van der Waals surface area contributed by atoms with Gasteiger partial charge in [0, 0.05) is 18.5 Å². The van der Waals surface area contributed by atoms with Crippen LogP contribution < -0.4 is 0 Å². The first-order valence-corrected chi connectivity index (χ1v) is 6.93. The number of amides is 1. The molecule has 2 nitrogen and oxygen atoms in total. The van der Waals surface area contributed by atoms with Gasteiger partial charge in [-0.2, -0.15) is 0 Å². The number of carbonyl (C=O) groups excluding carboxylic acids is 1. The molecule has 0 rings (SSSR count). The molecule has 96 valence electrons. The zero-order chi connectivity index (χ0) is 12.6. The van der Waals surface area contributed by atoms with Gasteiger partial charge in [0.1, 0.15) is 0 Å². The van der Waals surface area contributed by atoms with E-state index in [0.29, 0.717) is 24.4 Å². The SMILES string of the molecule is CCCC(=O)N(C(C)CC)C(CC)CCC. The van der Waals surface area contributed by atoms with Crippen LogP contribution in [-0.4, -0.2) is 22.9 Å². The molecule has 0 radical (unpaired) electrons. The third-order valence-corrected chi connectivity index (χ3v) is 3.30. The Morgan fingerprint density at radius 3 is 2.06 bits per heavy atom. The molecule has 0 aliphatic rings. The lowest BCUT2D eigenvalue weighted by Gasteiger charge is -2.36. The molecule has 0 spiro atoms. The highest BCUT2D eigenvalue weighted by molar-refractivity contribution is 5.76. The maximum Gasteiger partial charge on any atom is 0.223 e. The van der Waals surface area contributed by atoms with Gasteiger partial charge < -0.3 is 4.90 Å². The molecule has 2 atom stereocenters. The average molecular weight is 227 g/mol. The van der Waals surface area contributed by atoms with Gasteiger partial charge in [-0.05, 0) is 32.6 Å². The van der Waals surface area contributed by atoms with Crippen molar-refractivity contribution in [1.29, 1.82) is 0 Å². The molecule has 2 unspecified atom stereocenters.